The van der Waals surface area contributed by atoms with Crippen molar-refractivity contribution >= 4 is 33.1 Å². The summed E-state index contributed by atoms with van der Waals surface area (Å²) in [6, 6.07) is 29.7. The van der Waals surface area contributed by atoms with Gasteiger partial charge in [0.1, 0.15) is 16.6 Å². The monoisotopic (exact) mass is 429 g/mol. The molecule has 7 rings (SSSR count). The maximum Gasteiger partial charge on any atom is 0.113 e. The fourth-order valence-electron chi connectivity index (χ4n) is 4.13. The molecule has 0 saturated carbocycles. The predicted octanol–water partition coefficient (Wildman–Crippen LogP) is 3.89. The molecule has 4 aromatic carbocycles. The van der Waals surface area contributed by atoms with Gasteiger partial charge in [-0.15, -0.1) is 15.3 Å². The second-order valence-corrected chi connectivity index (χ2v) is 7.68. The predicted molar refractivity (Wildman–Crippen MR) is 124 cm³/mol. The summed E-state index contributed by atoms with van der Waals surface area (Å²) in [6.45, 7) is 0. The van der Waals surface area contributed by atoms with Gasteiger partial charge in [0.2, 0.25) is 0 Å². The first-order valence-corrected chi connectivity index (χ1v) is 10.4. The molecule has 0 amide bonds. The Labute approximate surface area is 186 Å². The molecule has 0 bridgehead atoms. The molecule has 0 atom stereocenters. The van der Waals surface area contributed by atoms with Crippen LogP contribution in [-0.2, 0) is 0 Å². The Bertz CT molecular complexity index is 1570. The Hall–Kier alpha value is -4.92. The summed E-state index contributed by atoms with van der Waals surface area (Å²) in [6.07, 6.45) is 0. The number of fused-ring (bicyclic) bond motifs is 3. The average molecular weight is 429 g/mol. The van der Waals surface area contributed by atoms with Crippen LogP contribution in [0.15, 0.2) is 91.0 Å². The number of hydrogen-bond acceptors (Lipinski definition) is 6. The third-order valence-electron chi connectivity index (χ3n) is 5.68. The van der Waals surface area contributed by atoms with E-state index in [1.54, 1.807) is 0 Å². The van der Waals surface area contributed by atoms with Crippen molar-refractivity contribution in [2.75, 3.05) is 0 Å². The second kappa shape index (κ2) is 6.79. The Morgan fingerprint density at radius 1 is 0.394 bits per heavy atom. The Morgan fingerprint density at radius 3 is 1.03 bits per heavy atom. The van der Waals surface area contributed by atoms with Crippen LogP contribution in [0.2, 0.25) is 0 Å². The van der Waals surface area contributed by atoms with Gasteiger partial charge in [-0.3, -0.25) is 0 Å². The second-order valence-electron chi connectivity index (χ2n) is 7.68. The Kier molecular flexibility index (Phi) is 3.65. The summed E-state index contributed by atoms with van der Waals surface area (Å²) >= 11 is 0. The topological polar surface area (TPSA) is 92.1 Å². The summed E-state index contributed by atoms with van der Waals surface area (Å²) < 4.78 is 5.46. The minimum Gasteiger partial charge on any atom is -0.213 e. The fraction of sp³-hybridized carbons (Fsp3) is 0. The highest BCUT2D eigenvalue weighted by Gasteiger charge is 2.15. The van der Waals surface area contributed by atoms with E-state index in [-0.39, 0.29) is 0 Å². The highest BCUT2D eigenvalue weighted by Crippen LogP contribution is 2.26. The zero-order chi connectivity index (χ0) is 21.8. The molecule has 3 aromatic heterocycles. The molecule has 0 aliphatic carbocycles. The van der Waals surface area contributed by atoms with Crippen molar-refractivity contribution in [2.24, 2.45) is 0 Å². The summed E-state index contributed by atoms with van der Waals surface area (Å²) in [4.78, 5) is 0. The van der Waals surface area contributed by atoms with Crippen LogP contribution in [0.1, 0.15) is 0 Å². The van der Waals surface area contributed by atoms with E-state index in [2.05, 4.69) is 30.9 Å². The van der Waals surface area contributed by atoms with Gasteiger partial charge in [-0.1, -0.05) is 52.0 Å². The van der Waals surface area contributed by atoms with Crippen LogP contribution in [-0.4, -0.2) is 45.0 Å². The first kappa shape index (κ1) is 17.7. The van der Waals surface area contributed by atoms with E-state index in [4.69, 9.17) is 0 Å². The van der Waals surface area contributed by atoms with Gasteiger partial charge in [0.05, 0.1) is 33.6 Å². The maximum absolute atomic E-state index is 4.41. The zero-order valence-corrected chi connectivity index (χ0v) is 17.2. The van der Waals surface area contributed by atoms with Gasteiger partial charge < -0.3 is 0 Å². The molecular weight excluding hydrogens is 414 g/mol. The standard InChI is InChI=1S/C24H15N9/c1-4-10-22-19(7-1)25-28-31(22)16-13-17(32-23-11-5-2-8-20(23)26-29-32)15-18(14-16)33-24-12-6-3-9-21(24)27-30-33/h1-15H. The van der Waals surface area contributed by atoms with Gasteiger partial charge in [0.15, 0.2) is 0 Å². The highest BCUT2D eigenvalue weighted by atomic mass is 15.5. The van der Waals surface area contributed by atoms with E-state index in [1.807, 2.05) is 105 Å². The summed E-state index contributed by atoms with van der Waals surface area (Å²) in [5.74, 6) is 0. The molecule has 0 unspecified atom stereocenters. The quantitative estimate of drug-likeness (QED) is 0.423. The zero-order valence-electron chi connectivity index (χ0n) is 17.2. The molecule has 0 radical (unpaired) electrons. The van der Waals surface area contributed by atoms with Crippen molar-refractivity contribution in [3.8, 4) is 17.1 Å². The van der Waals surface area contributed by atoms with Crippen LogP contribution in [0.3, 0.4) is 0 Å². The van der Waals surface area contributed by atoms with Crippen molar-refractivity contribution in [2.45, 2.75) is 0 Å². The molecule has 0 N–H and O–H groups in total. The molecule has 0 spiro atoms. The molecule has 156 valence electrons. The van der Waals surface area contributed by atoms with Crippen molar-refractivity contribution < 1.29 is 0 Å². The SMILES string of the molecule is c1ccc2c(c1)nnn2-c1cc(-n2nnc3ccccc32)cc(-n2nnc3ccccc32)c1. The van der Waals surface area contributed by atoms with Gasteiger partial charge in [0, 0.05) is 0 Å². The van der Waals surface area contributed by atoms with Crippen LogP contribution in [0, 0.1) is 0 Å². The van der Waals surface area contributed by atoms with Gasteiger partial charge in [0.25, 0.3) is 0 Å². The number of aromatic nitrogens is 9. The number of hydrogen-bond donors (Lipinski definition) is 0. The van der Waals surface area contributed by atoms with E-state index < -0.39 is 0 Å². The molecule has 0 saturated heterocycles. The molecule has 0 aliphatic rings. The summed E-state index contributed by atoms with van der Waals surface area (Å²) in [7, 11) is 0. The minimum atomic E-state index is 0.821. The van der Waals surface area contributed by atoms with Crippen molar-refractivity contribution in [3.05, 3.63) is 91.0 Å². The molecule has 33 heavy (non-hydrogen) atoms. The third-order valence-corrected chi connectivity index (χ3v) is 5.68. The lowest BCUT2D eigenvalue weighted by Crippen LogP contribution is -2.05. The first-order valence-electron chi connectivity index (χ1n) is 10.4. The summed E-state index contributed by atoms with van der Waals surface area (Å²) in [5, 5.41) is 26.2. The molecular formula is C24H15N9. The lowest BCUT2D eigenvalue weighted by atomic mass is 10.2. The van der Waals surface area contributed by atoms with Gasteiger partial charge >= 0.3 is 0 Å². The molecule has 0 fully saturated rings. The molecule has 7 aromatic rings. The highest BCUT2D eigenvalue weighted by molar-refractivity contribution is 5.79. The van der Waals surface area contributed by atoms with Gasteiger partial charge in [-0.05, 0) is 54.6 Å². The normalized spacial score (nSPS) is 11.6. The van der Waals surface area contributed by atoms with Crippen molar-refractivity contribution in [1.29, 1.82) is 0 Å². The van der Waals surface area contributed by atoms with E-state index in [0.29, 0.717) is 0 Å². The third kappa shape index (κ3) is 2.72. The maximum atomic E-state index is 4.41. The number of para-hydroxylation sites is 3. The molecule has 9 nitrogen and oxygen atoms in total. The average Bonchev–Trinajstić information content (AvgIpc) is 3.60. The smallest absolute Gasteiger partial charge is 0.113 e. The number of benzene rings is 4. The first-order chi connectivity index (χ1) is 16.3. The molecule has 9 heteroatoms. The molecule has 3 heterocycles. The van der Waals surface area contributed by atoms with Gasteiger partial charge in [-0.25, -0.2) is 14.0 Å². The van der Waals surface area contributed by atoms with Gasteiger partial charge in [-0.2, -0.15) is 0 Å². The minimum absolute atomic E-state index is 0.821. The van der Waals surface area contributed by atoms with Crippen LogP contribution in [0.4, 0.5) is 0 Å². The number of rotatable bonds is 3. The van der Waals surface area contributed by atoms with Crippen LogP contribution in [0.25, 0.3) is 50.2 Å². The van der Waals surface area contributed by atoms with E-state index in [1.165, 1.54) is 0 Å². The summed E-state index contributed by atoms with van der Waals surface area (Å²) in [5.41, 5.74) is 7.68. The van der Waals surface area contributed by atoms with Crippen LogP contribution >= 0.6 is 0 Å². The van der Waals surface area contributed by atoms with Crippen molar-refractivity contribution in [1.82, 2.24) is 45.0 Å². The lowest BCUT2D eigenvalue weighted by molar-refractivity contribution is 0.790. The largest absolute Gasteiger partial charge is 0.213 e. The van der Waals surface area contributed by atoms with Crippen LogP contribution in [0.5, 0.6) is 0 Å². The van der Waals surface area contributed by atoms with Crippen molar-refractivity contribution in [3.63, 3.8) is 0 Å². The van der Waals surface area contributed by atoms with E-state index in [0.717, 1.165) is 50.2 Å². The Morgan fingerprint density at radius 2 is 0.697 bits per heavy atom. The number of nitrogens with zero attached hydrogens (tertiary/aromatic N) is 9. The fourth-order valence-corrected chi connectivity index (χ4v) is 4.13. The van der Waals surface area contributed by atoms with Crippen LogP contribution < -0.4 is 0 Å². The molecule has 0 aliphatic heterocycles. The van der Waals surface area contributed by atoms with E-state index in [9.17, 15) is 0 Å². The lowest BCUT2D eigenvalue weighted by Gasteiger charge is -2.11. The Balaban J connectivity index is 1.52. The van der Waals surface area contributed by atoms with E-state index >= 15 is 0 Å².